The van der Waals surface area contributed by atoms with Gasteiger partial charge in [0.25, 0.3) is 5.91 Å². The molecule has 2 rings (SSSR count). The number of benzene rings is 2. The average molecular weight is 259 g/mol. The van der Waals surface area contributed by atoms with E-state index >= 15 is 0 Å². The summed E-state index contributed by atoms with van der Waals surface area (Å²) in [4.78, 5) is 23.1. The fourth-order valence-corrected chi connectivity index (χ4v) is 1.39. The molecule has 4 nitrogen and oxygen atoms in total. The van der Waals surface area contributed by atoms with Crippen LogP contribution in [0.25, 0.3) is 0 Å². The number of carbonyl (C=O) groups excluding carboxylic acids is 2. The van der Waals surface area contributed by atoms with Gasteiger partial charge in [0.1, 0.15) is 11.6 Å². The smallest absolute Gasteiger partial charge is 0.410 e. The molecule has 0 fully saturated rings. The molecule has 0 aromatic heterocycles. The number of imide groups is 1. The van der Waals surface area contributed by atoms with Crippen molar-refractivity contribution in [3.05, 3.63) is 66.0 Å². The highest BCUT2D eigenvalue weighted by atomic mass is 19.1. The second kappa shape index (κ2) is 5.77. The molecule has 96 valence electrons. The number of nitrogens with one attached hydrogen (secondary N) is 1. The molecule has 0 heterocycles. The van der Waals surface area contributed by atoms with Gasteiger partial charge in [-0.1, -0.05) is 18.2 Å². The summed E-state index contributed by atoms with van der Waals surface area (Å²) in [6.45, 7) is 0. The van der Waals surface area contributed by atoms with E-state index in [9.17, 15) is 14.0 Å². The normalized spacial score (nSPS) is 9.74. The fourth-order valence-electron chi connectivity index (χ4n) is 1.39. The van der Waals surface area contributed by atoms with Gasteiger partial charge in [-0.25, -0.2) is 9.18 Å². The van der Waals surface area contributed by atoms with Crippen LogP contribution >= 0.6 is 0 Å². The highest BCUT2D eigenvalue weighted by molar-refractivity contribution is 6.03. The van der Waals surface area contributed by atoms with Crippen molar-refractivity contribution >= 4 is 12.0 Å². The van der Waals surface area contributed by atoms with Gasteiger partial charge < -0.3 is 4.74 Å². The summed E-state index contributed by atoms with van der Waals surface area (Å²) in [5.41, 5.74) is 0.346. The predicted molar refractivity (Wildman–Crippen MR) is 66.3 cm³/mol. The molecule has 0 saturated heterocycles. The van der Waals surface area contributed by atoms with Gasteiger partial charge in [-0.3, -0.25) is 10.1 Å². The summed E-state index contributed by atoms with van der Waals surface area (Å²) in [5.74, 6) is -0.847. The SMILES string of the molecule is O=C(NC(=O)c1ccccc1)Oc1ccc(F)cc1. The van der Waals surface area contributed by atoms with Crippen LogP contribution in [-0.4, -0.2) is 12.0 Å². The van der Waals surface area contributed by atoms with E-state index in [4.69, 9.17) is 4.74 Å². The van der Waals surface area contributed by atoms with E-state index in [0.717, 1.165) is 12.1 Å². The maximum absolute atomic E-state index is 12.6. The summed E-state index contributed by atoms with van der Waals surface area (Å²) >= 11 is 0. The quantitative estimate of drug-likeness (QED) is 0.902. The highest BCUT2D eigenvalue weighted by Gasteiger charge is 2.11. The molecule has 0 aliphatic carbocycles. The van der Waals surface area contributed by atoms with Crippen molar-refractivity contribution in [3.8, 4) is 5.75 Å². The molecule has 0 aliphatic rings. The van der Waals surface area contributed by atoms with Crippen LogP contribution in [0, 0.1) is 5.82 Å². The molecule has 2 aromatic rings. The van der Waals surface area contributed by atoms with E-state index < -0.39 is 17.8 Å². The Morgan fingerprint density at radius 2 is 1.58 bits per heavy atom. The third kappa shape index (κ3) is 3.64. The van der Waals surface area contributed by atoms with E-state index in [1.807, 2.05) is 0 Å². The Hall–Kier alpha value is -2.69. The van der Waals surface area contributed by atoms with Gasteiger partial charge in [-0.2, -0.15) is 0 Å². The fraction of sp³-hybridized carbons (Fsp3) is 0. The van der Waals surface area contributed by atoms with Gasteiger partial charge in [0.2, 0.25) is 0 Å². The van der Waals surface area contributed by atoms with E-state index in [-0.39, 0.29) is 5.75 Å². The Bertz CT molecular complexity index is 581. The third-order valence-electron chi connectivity index (χ3n) is 2.28. The zero-order chi connectivity index (χ0) is 13.7. The summed E-state index contributed by atoms with van der Waals surface area (Å²) in [7, 11) is 0. The number of amides is 2. The molecular weight excluding hydrogens is 249 g/mol. The molecule has 19 heavy (non-hydrogen) atoms. The lowest BCUT2D eigenvalue weighted by molar-refractivity contribution is 0.0951. The molecule has 2 aromatic carbocycles. The predicted octanol–water partition coefficient (Wildman–Crippen LogP) is 2.75. The average Bonchev–Trinajstić information content (AvgIpc) is 2.42. The molecule has 0 atom stereocenters. The van der Waals surface area contributed by atoms with Crippen LogP contribution in [0.3, 0.4) is 0 Å². The van der Waals surface area contributed by atoms with Crippen LogP contribution in [0.15, 0.2) is 54.6 Å². The summed E-state index contributed by atoms with van der Waals surface area (Å²) in [5, 5.41) is 2.07. The minimum Gasteiger partial charge on any atom is -0.410 e. The van der Waals surface area contributed by atoms with Crippen LogP contribution in [0.1, 0.15) is 10.4 Å². The van der Waals surface area contributed by atoms with E-state index in [2.05, 4.69) is 5.32 Å². The van der Waals surface area contributed by atoms with Crippen LogP contribution in [0.4, 0.5) is 9.18 Å². The van der Waals surface area contributed by atoms with Crippen LogP contribution < -0.4 is 10.1 Å². The summed E-state index contributed by atoms with van der Waals surface area (Å²) in [6, 6.07) is 13.2. The Kier molecular flexibility index (Phi) is 3.87. The molecule has 2 amide bonds. The van der Waals surface area contributed by atoms with Gasteiger partial charge in [-0.15, -0.1) is 0 Å². The molecule has 0 radical (unpaired) electrons. The van der Waals surface area contributed by atoms with Crippen molar-refractivity contribution in [2.45, 2.75) is 0 Å². The standard InChI is InChI=1S/C14H10FNO3/c15-11-6-8-12(9-7-11)19-14(18)16-13(17)10-4-2-1-3-5-10/h1-9H,(H,16,17,18). The first-order valence-electron chi connectivity index (χ1n) is 5.49. The Morgan fingerprint density at radius 3 is 2.21 bits per heavy atom. The van der Waals surface area contributed by atoms with Gasteiger partial charge in [0.05, 0.1) is 0 Å². The molecule has 1 N–H and O–H groups in total. The van der Waals surface area contributed by atoms with E-state index in [1.165, 1.54) is 12.1 Å². The molecule has 0 saturated carbocycles. The van der Waals surface area contributed by atoms with Gasteiger partial charge in [0, 0.05) is 5.56 Å². The van der Waals surface area contributed by atoms with Crippen molar-refractivity contribution < 1.29 is 18.7 Å². The first-order valence-corrected chi connectivity index (χ1v) is 5.49. The number of halogens is 1. The Labute approximate surface area is 108 Å². The zero-order valence-corrected chi connectivity index (χ0v) is 9.80. The number of ether oxygens (including phenoxy) is 1. The monoisotopic (exact) mass is 259 g/mol. The molecule has 0 aliphatic heterocycles. The first kappa shape index (κ1) is 12.8. The van der Waals surface area contributed by atoms with Gasteiger partial charge >= 0.3 is 6.09 Å². The maximum Gasteiger partial charge on any atom is 0.419 e. The molecule has 0 spiro atoms. The van der Waals surface area contributed by atoms with Crippen molar-refractivity contribution in [1.82, 2.24) is 5.32 Å². The number of hydrogen-bond donors (Lipinski definition) is 1. The third-order valence-corrected chi connectivity index (χ3v) is 2.28. The molecule has 0 unspecified atom stereocenters. The number of hydrogen-bond acceptors (Lipinski definition) is 3. The second-order valence-electron chi connectivity index (χ2n) is 3.66. The largest absolute Gasteiger partial charge is 0.419 e. The van der Waals surface area contributed by atoms with Gasteiger partial charge in [0.15, 0.2) is 0 Å². The number of rotatable bonds is 2. The van der Waals surface area contributed by atoms with Crippen LogP contribution in [0.5, 0.6) is 5.75 Å². The zero-order valence-electron chi connectivity index (χ0n) is 9.80. The van der Waals surface area contributed by atoms with Crippen molar-refractivity contribution in [2.24, 2.45) is 0 Å². The van der Waals surface area contributed by atoms with Crippen molar-refractivity contribution in [3.63, 3.8) is 0 Å². The topological polar surface area (TPSA) is 55.4 Å². The Balaban J connectivity index is 1.95. The lowest BCUT2D eigenvalue weighted by Crippen LogP contribution is -2.32. The lowest BCUT2D eigenvalue weighted by atomic mass is 10.2. The minimum absolute atomic E-state index is 0.153. The molecule has 5 heteroatoms. The second-order valence-corrected chi connectivity index (χ2v) is 3.66. The minimum atomic E-state index is -0.916. The van der Waals surface area contributed by atoms with E-state index in [0.29, 0.717) is 5.56 Å². The number of carbonyl (C=O) groups is 2. The summed E-state index contributed by atoms with van der Waals surface area (Å²) in [6.07, 6.45) is -0.916. The molecule has 0 bridgehead atoms. The molecular formula is C14H10FNO3. The van der Waals surface area contributed by atoms with Crippen LogP contribution in [-0.2, 0) is 0 Å². The highest BCUT2D eigenvalue weighted by Crippen LogP contribution is 2.11. The van der Waals surface area contributed by atoms with Gasteiger partial charge in [-0.05, 0) is 36.4 Å². The van der Waals surface area contributed by atoms with Crippen molar-refractivity contribution in [1.29, 1.82) is 0 Å². The Morgan fingerprint density at radius 1 is 0.947 bits per heavy atom. The first-order chi connectivity index (χ1) is 9.15. The summed E-state index contributed by atoms with van der Waals surface area (Å²) < 4.78 is 17.5. The lowest BCUT2D eigenvalue weighted by Gasteiger charge is -2.05. The van der Waals surface area contributed by atoms with Crippen molar-refractivity contribution in [2.75, 3.05) is 0 Å². The van der Waals surface area contributed by atoms with Crippen LogP contribution in [0.2, 0.25) is 0 Å². The maximum atomic E-state index is 12.6. The van der Waals surface area contributed by atoms with E-state index in [1.54, 1.807) is 30.3 Å².